The number of nitrogens with zero attached hydrogens (tertiary/aromatic N) is 4. The normalized spacial score (nSPS) is 27.5. The van der Waals surface area contributed by atoms with Crippen LogP contribution in [-0.2, 0) is 16.1 Å². The molecule has 0 saturated carbocycles. The molecule has 2 aliphatic rings. The average Bonchev–Trinajstić information content (AvgIpc) is 3.18. The lowest BCUT2D eigenvalue weighted by molar-refractivity contribution is -0.138. The SMILES string of the molecule is CCn1ncc(C(=O)N2C[C@@H]3COCC[C@]3(C(=O)NC)C2)n1. The Kier molecular flexibility index (Phi) is 3.86. The highest BCUT2D eigenvalue weighted by Gasteiger charge is 2.54. The quantitative estimate of drug-likeness (QED) is 0.815. The van der Waals surface area contributed by atoms with Crippen LogP contribution in [0.5, 0.6) is 0 Å². The number of carbonyl (C=O) groups is 2. The smallest absolute Gasteiger partial charge is 0.276 e. The van der Waals surface area contributed by atoms with E-state index in [1.54, 1.807) is 11.9 Å². The molecule has 8 nitrogen and oxygen atoms in total. The monoisotopic (exact) mass is 307 g/mol. The van der Waals surface area contributed by atoms with Crippen LogP contribution >= 0.6 is 0 Å². The second-order valence-electron chi connectivity index (χ2n) is 5.86. The zero-order valence-corrected chi connectivity index (χ0v) is 12.9. The maximum atomic E-state index is 12.6. The maximum Gasteiger partial charge on any atom is 0.276 e. The molecule has 1 aromatic heterocycles. The van der Waals surface area contributed by atoms with Crippen LogP contribution in [0.2, 0.25) is 0 Å². The average molecular weight is 307 g/mol. The van der Waals surface area contributed by atoms with E-state index in [0.717, 1.165) is 0 Å². The summed E-state index contributed by atoms with van der Waals surface area (Å²) in [5.74, 6) is -0.142. The van der Waals surface area contributed by atoms with E-state index in [9.17, 15) is 9.59 Å². The topological polar surface area (TPSA) is 89.4 Å². The zero-order valence-electron chi connectivity index (χ0n) is 12.9. The maximum absolute atomic E-state index is 12.6. The summed E-state index contributed by atoms with van der Waals surface area (Å²) in [6.45, 7) is 4.53. The van der Waals surface area contributed by atoms with Crippen LogP contribution in [0.3, 0.4) is 0 Å². The number of aryl methyl sites for hydroxylation is 1. The number of ether oxygens (including phenoxy) is 1. The van der Waals surface area contributed by atoms with Crippen LogP contribution in [0, 0.1) is 11.3 Å². The molecule has 0 radical (unpaired) electrons. The number of aromatic nitrogens is 3. The summed E-state index contributed by atoms with van der Waals surface area (Å²) in [6.07, 6.45) is 2.12. The van der Waals surface area contributed by atoms with Crippen LogP contribution in [0.1, 0.15) is 23.8 Å². The first-order valence-electron chi connectivity index (χ1n) is 7.60. The molecule has 1 aromatic rings. The molecule has 120 valence electrons. The first kappa shape index (κ1) is 15.0. The van der Waals surface area contributed by atoms with Gasteiger partial charge >= 0.3 is 0 Å². The van der Waals surface area contributed by atoms with E-state index in [4.69, 9.17) is 4.74 Å². The number of likely N-dealkylation sites (tertiary alicyclic amines) is 1. The molecule has 2 fully saturated rings. The molecule has 2 atom stereocenters. The van der Waals surface area contributed by atoms with Crippen molar-refractivity contribution in [3.05, 3.63) is 11.9 Å². The fourth-order valence-electron chi connectivity index (χ4n) is 3.43. The summed E-state index contributed by atoms with van der Waals surface area (Å²) in [6, 6.07) is 0. The number of carbonyl (C=O) groups excluding carboxylic acids is 2. The number of hydrogen-bond donors (Lipinski definition) is 1. The number of amides is 2. The third-order valence-electron chi connectivity index (χ3n) is 4.71. The minimum atomic E-state index is -0.538. The van der Waals surface area contributed by atoms with Gasteiger partial charge in [0.25, 0.3) is 5.91 Å². The number of fused-ring (bicyclic) bond motifs is 1. The van der Waals surface area contributed by atoms with Crippen molar-refractivity contribution in [1.29, 1.82) is 0 Å². The molecular formula is C14H21N5O3. The van der Waals surface area contributed by atoms with Gasteiger partial charge in [0.05, 0.1) is 24.8 Å². The van der Waals surface area contributed by atoms with Gasteiger partial charge in [0, 0.05) is 32.7 Å². The first-order chi connectivity index (χ1) is 10.6. The molecule has 2 saturated heterocycles. The summed E-state index contributed by atoms with van der Waals surface area (Å²) < 4.78 is 5.51. The van der Waals surface area contributed by atoms with Crippen LogP contribution in [-0.4, -0.2) is 65.1 Å². The Morgan fingerprint density at radius 3 is 3.05 bits per heavy atom. The van der Waals surface area contributed by atoms with Gasteiger partial charge < -0.3 is 15.0 Å². The molecule has 1 N–H and O–H groups in total. The highest BCUT2D eigenvalue weighted by molar-refractivity contribution is 5.93. The Labute approximate surface area is 128 Å². The summed E-state index contributed by atoms with van der Waals surface area (Å²) >= 11 is 0. The molecule has 0 aromatic carbocycles. The third kappa shape index (κ3) is 2.27. The van der Waals surface area contributed by atoms with Gasteiger partial charge in [0.15, 0.2) is 5.69 Å². The fourth-order valence-corrected chi connectivity index (χ4v) is 3.43. The molecule has 0 bridgehead atoms. The number of rotatable bonds is 3. The molecule has 22 heavy (non-hydrogen) atoms. The van der Waals surface area contributed by atoms with Gasteiger partial charge in [0.1, 0.15) is 0 Å². The van der Waals surface area contributed by atoms with Crippen molar-refractivity contribution in [2.24, 2.45) is 11.3 Å². The molecule has 0 aliphatic carbocycles. The van der Waals surface area contributed by atoms with E-state index in [1.807, 2.05) is 6.92 Å². The molecular weight excluding hydrogens is 286 g/mol. The van der Waals surface area contributed by atoms with Gasteiger partial charge in [-0.25, -0.2) is 0 Å². The summed E-state index contributed by atoms with van der Waals surface area (Å²) in [5.41, 5.74) is -0.211. The lowest BCUT2D eigenvalue weighted by Gasteiger charge is -2.36. The number of hydrogen-bond acceptors (Lipinski definition) is 5. The van der Waals surface area contributed by atoms with E-state index in [0.29, 0.717) is 45.0 Å². The molecule has 2 amide bonds. The van der Waals surface area contributed by atoms with Gasteiger partial charge in [-0.15, -0.1) is 5.10 Å². The molecule has 0 spiro atoms. The van der Waals surface area contributed by atoms with E-state index >= 15 is 0 Å². The molecule has 3 heterocycles. The van der Waals surface area contributed by atoms with Crippen molar-refractivity contribution in [2.75, 3.05) is 33.4 Å². The zero-order chi connectivity index (χ0) is 15.7. The second kappa shape index (κ2) is 5.68. The van der Waals surface area contributed by atoms with E-state index in [1.165, 1.54) is 11.0 Å². The van der Waals surface area contributed by atoms with Gasteiger partial charge in [-0.2, -0.15) is 9.90 Å². The summed E-state index contributed by atoms with van der Waals surface area (Å²) in [4.78, 5) is 28.2. The Morgan fingerprint density at radius 2 is 2.36 bits per heavy atom. The Morgan fingerprint density at radius 1 is 1.55 bits per heavy atom. The molecule has 0 unspecified atom stereocenters. The van der Waals surface area contributed by atoms with Crippen molar-refractivity contribution in [3.8, 4) is 0 Å². The summed E-state index contributed by atoms with van der Waals surface area (Å²) in [5, 5.41) is 10.9. The van der Waals surface area contributed by atoms with Crippen LogP contribution in [0.15, 0.2) is 6.20 Å². The van der Waals surface area contributed by atoms with Crippen LogP contribution in [0.4, 0.5) is 0 Å². The summed E-state index contributed by atoms with van der Waals surface area (Å²) in [7, 11) is 1.64. The lowest BCUT2D eigenvalue weighted by atomic mass is 9.73. The van der Waals surface area contributed by atoms with Crippen molar-refractivity contribution in [3.63, 3.8) is 0 Å². The van der Waals surface area contributed by atoms with E-state index < -0.39 is 5.41 Å². The predicted molar refractivity (Wildman–Crippen MR) is 77.0 cm³/mol. The Hall–Kier alpha value is -1.96. The van der Waals surface area contributed by atoms with E-state index in [-0.39, 0.29) is 17.7 Å². The van der Waals surface area contributed by atoms with Crippen molar-refractivity contribution in [2.45, 2.75) is 19.9 Å². The minimum Gasteiger partial charge on any atom is -0.381 e. The predicted octanol–water partition coefficient (Wildman–Crippen LogP) is -0.477. The molecule has 2 aliphatic heterocycles. The van der Waals surface area contributed by atoms with Crippen LogP contribution < -0.4 is 5.32 Å². The third-order valence-corrected chi connectivity index (χ3v) is 4.71. The van der Waals surface area contributed by atoms with Gasteiger partial charge in [-0.1, -0.05) is 0 Å². The first-order valence-corrected chi connectivity index (χ1v) is 7.60. The molecule has 3 rings (SSSR count). The second-order valence-corrected chi connectivity index (χ2v) is 5.86. The van der Waals surface area contributed by atoms with Crippen molar-refractivity contribution < 1.29 is 14.3 Å². The van der Waals surface area contributed by atoms with Gasteiger partial charge in [-0.05, 0) is 13.3 Å². The van der Waals surface area contributed by atoms with Gasteiger partial charge in [0.2, 0.25) is 5.91 Å². The standard InChI is InChI=1S/C14H21N5O3/c1-3-19-16-6-11(17-19)12(20)18-7-10-8-22-5-4-14(10,9-18)13(21)15-2/h6,10H,3-5,7-9H2,1-2H3,(H,15,21)/t10-,14+/m1/s1. The largest absolute Gasteiger partial charge is 0.381 e. The van der Waals surface area contributed by atoms with E-state index in [2.05, 4.69) is 15.5 Å². The van der Waals surface area contributed by atoms with Crippen molar-refractivity contribution >= 4 is 11.8 Å². The lowest BCUT2D eigenvalue weighted by Crippen LogP contribution is -2.49. The highest BCUT2D eigenvalue weighted by atomic mass is 16.5. The number of nitrogens with one attached hydrogen (secondary N) is 1. The highest BCUT2D eigenvalue weighted by Crippen LogP contribution is 2.42. The van der Waals surface area contributed by atoms with Crippen LogP contribution in [0.25, 0.3) is 0 Å². The Bertz CT molecular complexity index is 587. The minimum absolute atomic E-state index is 0.00619. The fraction of sp³-hybridized carbons (Fsp3) is 0.714. The Balaban J connectivity index is 1.82. The molecule has 8 heteroatoms. The van der Waals surface area contributed by atoms with Crippen molar-refractivity contribution in [1.82, 2.24) is 25.2 Å². The van der Waals surface area contributed by atoms with Gasteiger partial charge in [-0.3, -0.25) is 9.59 Å².